The van der Waals surface area contributed by atoms with Crippen molar-refractivity contribution in [3.63, 3.8) is 0 Å². The van der Waals surface area contributed by atoms with E-state index in [9.17, 15) is 43.2 Å². The lowest BCUT2D eigenvalue weighted by Gasteiger charge is -2.21. The van der Waals surface area contributed by atoms with Crippen molar-refractivity contribution in [3.05, 3.63) is 182 Å². The molecule has 0 saturated heterocycles. The number of rotatable bonds is 79. The Morgan fingerprint density at radius 1 is 0.259 bits per heavy atom. The van der Waals surface area contributed by atoms with E-state index in [0.29, 0.717) is 32.1 Å². The number of esters is 4. The summed E-state index contributed by atoms with van der Waals surface area (Å²) in [6, 6.07) is 0. The van der Waals surface area contributed by atoms with Gasteiger partial charge in [-0.2, -0.15) is 0 Å². The number of phosphoric acid groups is 2. The van der Waals surface area contributed by atoms with Crippen molar-refractivity contribution < 1.29 is 80.2 Å². The number of carbonyl (C=O) groups excluding carboxylic acids is 4. The Balaban J connectivity index is 5.48. The van der Waals surface area contributed by atoms with Crippen LogP contribution in [0.2, 0.25) is 0 Å². The average Bonchev–Trinajstić information content (AvgIpc) is 0.897. The van der Waals surface area contributed by atoms with Crippen LogP contribution in [0.25, 0.3) is 0 Å². The Bertz CT molecular complexity index is 2840. The zero-order valence-electron chi connectivity index (χ0n) is 69.8. The zero-order valence-corrected chi connectivity index (χ0v) is 71.6. The molecule has 0 amide bonds. The summed E-state index contributed by atoms with van der Waals surface area (Å²) in [7, 11) is -10.0. The Hall–Kier alpha value is -5.84. The third-order valence-electron chi connectivity index (χ3n) is 17.3. The minimum Gasteiger partial charge on any atom is -0.462 e. The zero-order chi connectivity index (χ0) is 81.7. The summed E-state index contributed by atoms with van der Waals surface area (Å²) in [5.41, 5.74) is 0. The van der Waals surface area contributed by atoms with E-state index in [4.69, 9.17) is 37.0 Å². The van der Waals surface area contributed by atoms with Gasteiger partial charge in [0.15, 0.2) is 12.2 Å². The summed E-state index contributed by atoms with van der Waals surface area (Å²) in [6.45, 7) is 4.42. The molecule has 19 heteroatoms. The molecule has 112 heavy (non-hydrogen) atoms. The number of hydrogen-bond acceptors (Lipinski definition) is 15. The van der Waals surface area contributed by atoms with Gasteiger partial charge >= 0.3 is 39.5 Å². The van der Waals surface area contributed by atoms with E-state index in [-0.39, 0.29) is 25.7 Å². The van der Waals surface area contributed by atoms with Crippen molar-refractivity contribution in [2.45, 2.75) is 341 Å². The molecule has 636 valence electrons. The molecule has 17 nitrogen and oxygen atoms in total. The fourth-order valence-electron chi connectivity index (χ4n) is 10.9. The maximum absolute atomic E-state index is 13.2. The lowest BCUT2D eigenvalue weighted by atomic mass is 10.1. The molecule has 0 bridgehead atoms. The van der Waals surface area contributed by atoms with Crippen LogP contribution in [0.4, 0.5) is 0 Å². The summed E-state index contributed by atoms with van der Waals surface area (Å²) in [4.78, 5) is 73.3. The smallest absolute Gasteiger partial charge is 0.462 e. The summed E-state index contributed by atoms with van der Waals surface area (Å²) >= 11 is 0. The minimum atomic E-state index is -5.01. The first-order valence-corrected chi connectivity index (χ1v) is 46.0. The molecule has 0 heterocycles. The molecule has 0 fully saturated rings. The highest BCUT2D eigenvalue weighted by atomic mass is 31.2. The van der Waals surface area contributed by atoms with Crippen molar-refractivity contribution >= 4 is 39.5 Å². The summed E-state index contributed by atoms with van der Waals surface area (Å²) in [5, 5.41) is 10.7. The first-order chi connectivity index (χ1) is 54.7. The third-order valence-corrected chi connectivity index (χ3v) is 19.2. The van der Waals surface area contributed by atoms with Crippen LogP contribution in [0.5, 0.6) is 0 Å². The van der Waals surface area contributed by atoms with E-state index in [1.165, 1.54) is 19.3 Å². The van der Waals surface area contributed by atoms with Gasteiger partial charge in [-0.15, -0.1) is 0 Å². The lowest BCUT2D eigenvalue weighted by molar-refractivity contribution is -0.161. The molecule has 0 aromatic rings. The predicted octanol–water partition coefficient (Wildman–Crippen LogP) is 25.9. The molecule has 0 rings (SSSR count). The molecule has 0 spiro atoms. The number of unbranched alkanes of at least 4 members (excludes halogenated alkanes) is 23. The van der Waals surface area contributed by atoms with Crippen LogP contribution in [0, 0.1) is 0 Å². The molecular formula is C93H152O17P2. The highest BCUT2D eigenvalue weighted by Crippen LogP contribution is 2.45. The first-order valence-electron chi connectivity index (χ1n) is 43.0. The van der Waals surface area contributed by atoms with E-state index >= 15 is 0 Å². The molecule has 0 saturated carbocycles. The van der Waals surface area contributed by atoms with Gasteiger partial charge in [-0.25, -0.2) is 9.13 Å². The number of ether oxygens (including phenoxy) is 4. The predicted molar refractivity (Wildman–Crippen MR) is 463 cm³/mol. The molecule has 0 aromatic heterocycles. The molecule has 0 aliphatic heterocycles. The second kappa shape index (κ2) is 83.1. The number of aliphatic hydroxyl groups is 1. The van der Waals surface area contributed by atoms with Gasteiger partial charge < -0.3 is 33.8 Å². The molecule has 0 aliphatic carbocycles. The largest absolute Gasteiger partial charge is 0.472 e. The molecule has 3 N–H and O–H groups in total. The van der Waals surface area contributed by atoms with Gasteiger partial charge in [0.25, 0.3) is 0 Å². The molecule has 0 aromatic carbocycles. The Kier molecular flexibility index (Phi) is 78.8. The fraction of sp³-hybridized carbons (Fsp3) is 0.634. The normalized spacial score (nSPS) is 14.7. The van der Waals surface area contributed by atoms with Gasteiger partial charge in [0, 0.05) is 25.7 Å². The van der Waals surface area contributed by atoms with Gasteiger partial charge in [0.2, 0.25) is 0 Å². The average molecular weight is 1600 g/mol. The lowest BCUT2D eigenvalue weighted by Crippen LogP contribution is -2.30. The van der Waals surface area contributed by atoms with Crippen LogP contribution in [0.15, 0.2) is 182 Å². The van der Waals surface area contributed by atoms with Crippen molar-refractivity contribution in [1.29, 1.82) is 0 Å². The quantitative estimate of drug-likeness (QED) is 0.0169. The Labute approximate surface area is 679 Å². The van der Waals surface area contributed by atoms with Crippen LogP contribution in [-0.4, -0.2) is 96.7 Å². The van der Waals surface area contributed by atoms with E-state index in [0.717, 1.165) is 218 Å². The van der Waals surface area contributed by atoms with E-state index < -0.39 is 97.5 Å². The third kappa shape index (κ3) is 82.2. The summed E-state index contributed by atoms with van der Waals surface area (Å²) < 4.78 is 68.8. The first kappa shape index (κ1) is 106. The molecule has 5 atom stereocenters. The maximum Gasteiger partial charge on any atom is 0.472 e. The Morgan fingerprint density at radius 3 is 0.750 bits per heavy atom. The number of hydrogen-bond donors (Lipinski definition) is 3. The minimum absolute atomic E-state index is 0.00642. The Morgan fingerprint density at radius 2 is 0.473 bits per heavy atom. The van der Waals surface area contributed by atoms with Crippen LogP contribution in [0.3, 0.4) is 0 Å². The van der Waals surface area contributed by atoms with Gasteiger partial charge in [-0.1, -0.05) is 306 Å². The van der Waals surface area contributed by atoms with Crippen LogP contribution in [-0.2, 0) is 65.4 Å². The number of allylic oxidation sites excluding steroid dienone is 30. The molecule has 5 unspecified atom stereocenters. The van der Waals surface area contributed by atoms with E-state index in [1.807, 2.05) is 12.2 Å². The van der Waals surface area contributed by atoms with E-state index in [1.54, 1.807) is 0 Å². The summed E-state index contributed by atoms with van der Waals surface area (Å²) in [5.74, 6) is -2.29. The highest BCUT2D eigenvalue weighted by molar-refractivity contribution is 7.47. The van der Waals surface area contributed by atoms with Gasteiger partial charge in [0.05, 0.1) is 26.4 Å². The topological polar surface area (TPSA) is 237 Å². The highest BCUT2D eigenvalue weighted by Gasteiger charge is 2.30. The van der Waals surface area contributed by atoms with Crippen molar-refractivity contribution in [1.82, 2.24) is 0 Å². The number of aliphatic hydroxyl groups excluding tert-OH is 1. The fourth-order valence-corrected chi connectivity index (χ4v) is 12.5. The maximum atomic E-state index is 13.2. The van der Waals surface area contributed by atoms with Gasteiger partial charge in [-0.3, -0.25) is 37.3 Å². The van der Waals surface area contributed by atoms with E-state index in [2.05, 4.69) is 198 Å². The monoisotopic (exact) mass is 1600 g/mol. The number of phosphoric ester groups is 2. The van der Waals surface area contributed by atoms with Gasteiger partial charge in [-0.05, 0) is 173 Å². The number of carbonyl (C=O) groups is 4. The van der Waals surface area contributed by atoms with Gasteiger partial charge in [0.1, 0.15) is 19.3 Å². The molecular weight excluding hydrogens is 1450 g/mol. The van der Waals surface area contributed by atoms with Crippen LogP contribution >= 0.6 is 15.6 Å². The summed E-state index contributed by atoms with van der Waals surface area (Å²) in [6.07, 6.45) is 101. The molecule has 0 radical (unpaired) electrons. The molecule has 0 aliphatic rings. The SMILES string of the molecule is CC/C=C\C/C=C\C/C=C\C/C=C\C/C=C\CCCC(=O)OC(COC(=O)CCCCCCCC/C=C\C/C=C\C/C=C\C/C=C\CC)COP(=O)(O)OCC(O)COP(=O)(O)OCC(COC(=O)CCCCCCCC/C=C\C/C=C\C/C=C\CCCCC)OC(=O)CCCCCCCCC/C=C\C/C=C\C/C=C\CC. The van der Waals surface area contributed by atoms with Crippen LogP contribution < -0.4 is 0 Å². The van der Waals surface area contributed by atoms with Crippen LogP contribution in [0.1, 0.15) is 323 Å². The standard InChI is InChI=1S/C93H152O17P2/c1-5-9-13-17-21-25-29-33-37-41-43-47-49-53-57-61-65-69-73-77-90(95)103-83-88(109-92(97)79-75-71-67-63-59-55-51-45-39-35-31-27-23-19-15-11-7-3)85-107-111(99,100)105-81-87(94)82-106-112(101,102)108-86-89(110-93(98)80-76-72-68-64-60-56-52-46-40-36-32-28-24-20-16-12-8-4)84-104-91(96)78-74-70-66-62-58-54-50-48-44-42-38-34-30-26-22-18-14-10-6-2/h9,11-13,15-16,21-28,33-40,43-44,47-48,51,55,63,67,87-89,94H,5-8,10,14,17-20,29-32,41-42,45-46,49-50,52-54,56-62,64-66,68-86H2,1-4H3,(H,99,100)(H,101,102)/b13-9-,15-11-,16-12-,25-21-,26-22-,27-23-,28-24-,37-33-,38-34-,39-35-,40-36-,47-43-,48-44-,55-51-,67-63-. The second-order valence-corrected chi connectivity index (χ2v) is 30.9. The van der Waals surface area contributed by atoms with Crippen molar-refractivity contribution in [2.24, 2.45) is 0 Å². The van der Waals surface area contributed by atoms with Crippen molar-refractivity contribution in [2.75, 3.05) is 39.6 Å². The van der Waals surface area contributed by atoms with Crippen molar-refractivity contribution in [3.8, 4) is 0 Å². The second-order valence-electron chi connectivity index (χ2n) is 28.0.